The van der Waals surface area contributed by atoms with Gasteiger partial charge in [-0.2, -0.15) is 0 Å². The molecule has 2 aliphatic rings. The van der Waals surface area contributed by atoms with Crippen LogP contribution in [0.5, 0.6) is 0 Å². The topological polar surface area (TPSA) is 15.6 Å². The van der Waals surface area contributed by atoms with Crippen molar-refractivity contribution in [1.82, 2.24) is 4.90 Å². The van der Waals surface area contributed by atoms with E-state index < -0.39 is 0 Å². The van der Waals surface area contributed by atoms with Gasteiger partial charge in [0.1, 0.15) is 0 Å². The zero-order valence-corrected chi connectivity index (χ0v) is 12.3. The number of hydrogen-bond donors (Lipinski definition) is 0. The van der Waals surface area contributed by atoms with E-state index in [2.05, 4.69) is 22.4 Å². The fourth-order valence-electron chi connectivity index (χ4n) is 2.76. The molecule has 0 bridgehead atoms. The van der Waals surface area contributed by atoms with Gasteiger partial charge in [0.05, 0.1) is 6.54 Å². The molecule has 0 unspecified atom stereocenters. The van der Waals surface area contributed by atoms with Crippen molar-refractivity contribution in [1.29, 1.82) is 0 Å². The smallest absolute Gasteiger partial charge is 0.159 e. The number of amidine groups is 1. The molecule has 1 aliphatic heterocycles. The molecule has 1 fully saturated rings. The summed E-state index contributed by atoms with van der Waals surface area (Å²) >= 11 is 3.83. The van der Waals surface area contributed by atoms with Crippen LogP contribution in [0.15, 0.2) is 22.5 Å². The minimum absolute atomic E-state index is 0.733. The number of aliphatic imine (C=N–C) groups is 1. The average molecular weight is 280 g/mol. The lowest BCUT2D eigenvalue weighted by Gasteiger charge is -2.32. The Kier molecular flexibility index (Phi) is 4.26. The van der Waals surface area contributed by atoms with Gasteiger partial charge in [0, 0.05) is 23.2 Å². The molecule has 0 aromatic carbocycles. The van der Waals surface area contributed by atoms with E-state index in [1.807, 2.05) is 23.1 Å². The van der Waals surface area contributed by atoms with E-state index in [1.54, 1.807) is 0 Å². The highest BCUT2D eigenvalue weighted by Gasteiger charge is 2.26. The fraction of sp³-hybridized carbons (Fsp3) is 0.643. The molecule has 0 saturated heterocycles. The number of hydrogen-bond acceptors (Lipinski definition) is 4. The molecule has 1 aliphatic carbocycles. The maximum Gasteiger partial charge on any atom is 0.159 e. The highest BCUT2D eigenvalue weighted by atomic mass is 32.2. The molecule has 2 heterocycles. The van der Waals surface area contributed by atoms with Crippen molar-refractivity contribution >= 4 is 28.3 Å². The van der Waals surface area contributed by atoms with Gasteiger partial charge in [-0.05, 0) is 30.7 Å². The molecule has 0 spiro atoms. The molecule has 1 saturated carbocycles. The number of thiophene rings is 1. The number of rotatable bonds is 3. The highest BCUT2D eigenvalue weighted by Crippen LogP contribution is 2.29. The Labute approximate surface area is 117 Å². The van der Waals surface area contributed by atoms with Crippen molar-refractivity contribution in [2.45, 2.75) is 44.7 Å². The van der Waals surface area contributed by atoms with E-state index in [9.17, 15) is 0 Å². The van der Waals surface area contributed by atoms with Crippen LogP contribution in [0.3, 0.4) is 0 Å². The van der Waals surface area contributed by atoms with Crippen LogP contribution >= 0.6 is 23.1 Å². The number of thioether (sulfide) groups is 1. The lowest BCUT2D eigenvalue weighted by Crippen LogP contribution is -2.37. The van der Waals surface area contributed by atoms with Gasteiger partial charge < -0.3 is 4.90 Å². The van der Waals surface area contributed by atoms with Crippen molar-refractivity contribution < 1.29 is 0 Å². The molecule has 2 nitrogen and oxygen atoms in total. The van der Waals surface area contributed by atoms with E-state index in [0.717, 1.165) is 19.1 Å². The second-order valence-corrected chi connectivity index (χ2v) is 7.11. The van der Waals surface area contributed by atoms with Crippen LogP contribution in [0, 0.1) is 0 Å². The summed E-state index contributed by atoms with van der Waals surface area (Å²) in [4.78, 5) is 8.82. The molecule has 18 heavy (non-hydrogen) atoms. The maximum atomic E-state index is 4.77. The Morgan fingerprint density at radius 2 is 2.17 bits per heavy atom. The molecular formula is C14H20N2S2. The summed E-state index contributed by atoms with van der Waals surface area (Å²) in [6.07, 6.45) is 6.73. The normalized spacial score (nSPS) is 21.0. The lowest BCUT2D eigenvalue weighted by molar-refractivity contribution is 0.315. The summed E-state index contributed by atoms with van der Waals surface area (Å²) in [7, 11) is 0. The first kappa shape index (κ1) is 12.5. The Hall–Kier alpha value is -0.480. The standard InChI is InChI=1S/C14H20N2S2/c1-2-6-12(5-1)16(11-13-7-3-9-17-13)14-15-8-4-10-18-14/h3,7,9,12H,1-2,4-6,8,10-11H2. The molecule has 0 amide bonds. The highest BCUT2D eigenvalue weighted by molar-refractivity contribution is 8.13. The monoisotopic (exact) mass is 280 g/mol. The van der Waals surface area contributed by atoms with Crippen LogP contribution in [0.2, 0.25) is 0 Å². The largest absolute Gasteiger partial charge is 0.343 e. The van der Waals surface area contributed by atoms with Crippen molar-refractivity contribution in [2.24, 2.45) is 4.99 Å². The summed E-state index contributed by atoms with van der Waals surface area (Å²) in [5.74, 6) is 1.24. The second kappa shape index (κ2) is 6.11. The Morgan fingerprint density at radius 3 is 2.83 bits per heavy atom. The summed E-state index contributed by atoms with van der Waals surface area (Å²) in [5.41, 5.74) is 0. The van der Waals surface area contributed by atoms with Gasteiger partial charge in [-0.3, -0.25) is 4.99 Å². The third-order valence-electron chi connectivity index (χ3n) is 3.70. The quantitative estimate of drug-likeness (QED) is 0.832. The van der Waals surface area contributed by atoms with Gasteiger partial charge in [0.15, 0.2) is 5.17 Å². The van der Waals surface area contributed by atoms with Crippen molar-refractivity contribution in [2.75, 3.05) is 12.3 Å². The first-order valence-electron chi connectivity index (χ1n) is 6.90. The fourth-order valence-corrected chi connectivity index (χ4v) is 4.48. The second-order valence-electron chi connectivity index (χ2n) is 5.01. The number of nitrogens with zero attached hydrogens (tertiary/aromatic N) is 2. The predicted molar refractivity (Wildman–Crippen MR) is 81.5 cm³/mol. The average Bonchev–Trinajstić information content (AvgIpc) is 3.10. The zero-order valence-electron chi connectivity index (χ0n) is 10.7. The molecule has 1 aromatic heterocycles. The minimum atomic E-state index is 0.733. The van der Waals surface area contributed by atoms with Crippen LogP contribution in [-0.4, -0.2) is 28.4 Å². The zero-order chi connectivity index (χ0) is 12.2. The van der Waals surface area contributed by atoms with Crippen LogP contribution in [0.1, 0.15) is 37.0 Å². The summed E-state index contributed by atoms with van der Waals surface area (Å²) < 4.78 is 0. The van der Waals surface area contributed by atoms with Crippen molar-refractivity contribution in [3.8, 4) is 0 Å². The molecule has 0 radical (unpaired) electrons. The van der Waals surface area contributed by atoms with E-state index in [-0.39, 0.29) is 0 Å². The van der Waals surface area contributed by atoms with E-state index >= 15 is 0 Å². The van der Waals surface area contributed by atoms with Crippen molar-refractivity contribution in [3.05, 3.63) is 22.4 Å². The van der Waals surface area contributed by atoms with Crippen LogP contribution in [0.4, 0.5) is 0 Å². The van der Waals surface area contributed by atoms with Gasteiger partial charge in [-0.1, -0.05) is 30.7 Å². The summed E-state index contributed by atoms with van der Waals surface area (Å²) in [5, 5.41) is 3.49. The van der Waals surface area contributed by atoms with Crippen LogP contribution in [-0.2, 0) is 6.54 Å². The molecule has 4 heteroatoms. The van der Waals surface area contributed by atoms with E-state index in [4.69, 9.17) is 4.99 Å². The first-order chi connectivity index (χ1) is 8.93. The SMILES string of the molecule is c1csc(CN(C2=NCCCS2)C2CCCC2)c1. The van der Waals surface area contributed by atoms with Gasteiger partial charge >= 0.3 is 0 Å². The molecule has 1 aromatic rings. The molecule has 98 valence electrons. The Balaban J connectivity index is 1.76. The Bertz CT molecular complexity index is 394. The van der Waals surface area contributed by atoms with Gasteiger partial charge in [0.25, 0.3) is 0 Å². The third-order valence-corrected chi connectivity index (χ3v) is 5.67. The molecule has 0 N–H and O–H groups in total. The van der Waals surface area contributed by atoms with Gasteiger partial charge in [0.2, 0.25) is 0 Å². The lowest BCUT2D eigenvalue weighted by atomic mass is 10.2. The molecule has 0 atom stereocenters. The minimum Gasteiger partial charge on any atom is -0.343 e. The maximum absolute atomic E-state index is 4.77. The summed E-state index contributed by atoms with van der Waals surface area (Å²) in [6, 6.07) is 5.14. The van der Waals surface area contributed by atoms with Crippen LogP contribution < -0.4 is 0 Å². The van der Waals surface area contributed by atoms with Gasteiger partial charge in [-0.15, -0.1) is 11.3 Å². The van der Waals surface area contributed by atoms with E-state index in [0.29, 0.717) is 0 Å². The first-order valence-corrected chi connectivity index (χ1v) is 8.76. The predicted octanol–water partition coefficient (Wildman–Crippen LogP) is 3.99. The summed E-state index contributed by atoms with van der Waals surface area (Å²) in [6.45, 7) is 2.09. The van der Waals surface area contributed by atoms with Gasteiger partial charge in [-0.25, -0.2) is 0 Å². The molecule has 3 rings (SSSR count). The van der Waals surface area contributed by atoms with E-state index in [1.165, 1.54) is 47.9 Å². The van der Waals surface area contributed by atoms with Crippen LogP contribution in [0.25, 0.3) is 0 Å². The Morgan fingerprint density at radius 1 is 1.28 bits per heavy atom. The third kappa shape index (κ3) is 2.91. The van der Waals surface area contributed by atoms with Crippen molar-refractivity contribution in [3.63, 3.8) is 0 Å². The molecular weight excluding hydrogens is 260 g/mol.